The van der Waals surface area contributed by atoms with Crippen LogP contribution in [0.1, 0.15) is 25.1 Å². The third-order valence-corrected chi connectivity index (χ3v) is 7.39. The first kappa shape index (κ1) is 23.7. The first-order valence-electron chi connectivity index (χ1n) is 9.09. The molecule has 2 heterocycles. The monoisotopic (exact) mass is 502 g/mol. The number of hydrogen-bond acceptors (Lipinski definition) is 7. The number of ether oxygens (including phenoxy) is 2. The second-order valence-corrected chi connectivity index (χ2v) is 11.4. The summed E-state index contributed by atoms with van der Waals surface area (Å²) in [6, 6.07) is 2.99. The van der Waals surface area contributed by atoms with Gasteiger partial charge < -0.3 is 19.3 Å². The summed E-state index contributed by atoms with van der Waals surface area (Å²) in [7, 11) is -4.29. The lowest BCUT2D eigenvalue weighted by Crippen LogP contribution is -2.14. The highest BCUT2D eigenvalue weighted by Crippen LogP contribution is 2.36. The van der Waals surface area contributed by atoms with Gasteiger partial charge in [-0.1, -0.05) is 22.9 Å². The zero-order chi connectivity index (χ0) is 22.6. The van der Waals surface area contributed by atoms with Crippen molar-refractivity contribution in [1.82, 2.24) is 4.98 Å². The molecule has 0 spiro atoms. The molecule has 3 N–H and O–H groups in total. The predicted octanol–water partition coefficient (Wildman–Crippen LogP) is 4.34. The van der Waals surface area contributed by atoms with Gasteiger partial charge in [-0.2, -0.15) is 0 Å². The lowest BCUT2D eigenvalue weighted by Gasteiger charge is -2.10. The van der Waals surface area contributed by atoms with Crippen LogP contribution >= 0.6 is 41.9 Å². The summed E-state index contributed by atoms with van der Waals surface area (Å²) >= 11 is 8.00. The Morgan fingerprint density at radius 3 is 2.71 bits per heavy atom. The molecule has 0 unspecified atom stereocenters. The summed E-state index contributed by atoms with van der Waals surface area (Å²) in [6.45, 7) is 3.88. The van der Waals surface area contributed by atoms with Crippen molar-refractivity contribution < 1.29 is 28.6 Å². The quantitative estimate of drug-likeness (QED) is 0.459. The Kier molecular flexibility index (Phi) is 7.74. The summed E-state index contributed by atoms with van der Waals surface area (Å²) in [5.74, 6) is 0.645. The third kappa shape index (κ3) is 7.03. The summed E-state index contributed by atoms with van der Waals surface area (Å²) in [5, 5.41) is 3.07. The van der Waals surface area contributed by atoms with E-state index in [-0.39, 0.29) is 17.3 Å². The molecule has 0 fully saturated rings. The minimum atomic E-state index is -4.29. The Morgan fingerprint density at radius 2 is 2.10 bits per heavy atom. The van der Waals surface area contributed by atoms with Crippen molar-refractivity contribution in [2.45, 2.75) is 33.0 Å². The minimum Gasteiger partial charge on any atom is -0.492 e. The summed E-state index contributed by atoms with van der Waals surface area (Å²) in [4.78, 5) is 36.0. The van der Waals surface area contributed by atoms with Gasteiger partial charge >= 0.3 is 7.60 Å². The fourth-order valence-electron chi connectivity index (χ4n) is 2.52. The second-order valence-electron chi connectivity index (χ2n) is 6.68. The second kappa shape index (κ2) is 10.1. The predicted molar refractivity (Wildman–Crippen MR) is 122 cm³/mol. The van der Waals surface area contributed by atoms with Crippen molar-refractivity contribution in [3.8, 4) is 0 Å². The van der Waals surface area contributed by atoms with E-state index in [1.54, 1.807) is 18.2 Å². The van der Waals surface area contributed by atoms with Crippen LogP contribution in [-0.4, -0.2) is 26.8 Å². The van der Waals surface area contributed by atoms with E-state index in [4.69, 9.17) is 21.1 Å². The minimum absolute atomic E-state index is 0.0180. The molecule has 0 saturated carbocycles. The third-order valence-electron chi connectivity index (χ3n) is 3.78. The van der Waals surface area contributed by atoms with Gasteiger partial charge in [0.2, 0.25) is 0 Å². The topological polar surface area (TPSA) is 118 Å². The van der Waals surface area contributed by atoms with Crippen LogP contribution < -0.4 is 9.94 Å². The van der Waals surface area contributed by atoms with E-state index < -0.39 is 13.5 Å². The Morgan fingerprint density at radius 1 is 1.32 bits per heavy atom. The number of thiazole rings is 1. The standard InChI is InChI=1S/C19H20ClN2O6PS2/c1-11(2)28-14-4-3-13(27-10-15-5-6-17(30-15)29(24,25)26)7-12(8-14)18(23)22-19-21-9-16(20)31-19/h4-9,11H,3,10H2,1-2H3,(H,21,22,23)(H2,24,25,26). The lowest BCUT2D eigenvalue weighted by atomic mass is 10.2. The fraction of sp³-hybridized carbons (Fsp3) is 0.263. The number of aromatic nitrogens is 1. The number of allylic oxidation sites excluding steroid dienone is 2. The molecule has 1 aliphatic rings. The van der Waals surface area contributed by atoms with Gasteiger partial charge in [-0.05, 0) is 44.2 Å². The average Bonchev–Trinajstić information content (AvgIpc) is 3.26. The number of halogens is 1. The maximum Gasteiger partial charge on any atom is 0.366 e. The van der Waals surface area contributed by atoms with Gasteiger partial charge in [-0.3, -0.25) is 14.7 Å². The van der Waals surface area contributed by atoms with Gasteiger partial charge in [0.05, 0.1) is 12.3 Å². The first-order chi connectivity index (χ1) is 14.6. The molecule has 0 atom stereocenters. The number of rotatable bonds is 8. The highest BCUT2D eigenvalue weighted by atomic mass is 35.5. The van der Waals surface area contributed by atoms with Crippen LogP contribution in [0.15, 0.2) is 53.6 Å². The molecule has 31 heavy (non-hydrogen) atoms. The number of thiophene rings is 1. The fourth-order valence-corrected chi connectivity index (χ4v) is 5.08. The van der Waals surface area contributed by atoms with Crippen LogP contribution in [-0.2, 0) is 25.4 Å². The molecule has 0 aliphatic heterocycles. The van der Waals surface area contributed by atoms with Gasteiger partial charge in [0.15, 0.2) is 5.13 Å². The maximum absolute atomic E-state index is 12.8. The number of hydrogen-bond donors (Lipinski definition) is 3. The molecule has 0 bridgehead atoms. The van der Waals surface area contributed by atoms with Gasteiger partial charge in [0, 0.05) is 16.9 Å². The van der Waals surface area contributed by atoms with E-state index in [0.29, 0.717) is 37.9 Å². The molecule has 8 nitrogen and oxygen atoms in total. The van der Waals surface area contributed by atoms with Crippen LogP contribution in [0, 0.1) is 0 Å². The zero-order valence-electron chi connectivity index (χ0n) is 16.6. The van der Waals surface area contributed by atoms with Crippen molar-refractivity contribution in [3.63, 3.8) is 0 Å². The van der Waals surface area contributed by atoms with Crippen molar-refractivity contribution in [2.75, 3.05) is 5.32 Å². The molecule has 166 valence electrons. The molecular weight excluding hydrogens is 483 g/mol. The van der Waals surface area contributed by atoms with Crippen LogP contribution in [0.2, 0.25) is 4.34 Å². The summed E-state index contributed by atoms with van der Waals surface area (Å²) in [5.41, 5.74) is 0.313. The maximum atomic E-state index is 12.8. The molecule has 0 saturated heterocycles. The Hall–Kier alpha value is -1.94. The van der Waals surface area contributed by atoms with Crippen molar-refractivity contribution in [2.24, 2.45) is 0 Å². The SMILES string of the molecule is CC(C)OC1=CCC(OCc2ccc(P(=O)(O)O)s2)=CC(C(=O)Nc2ncc(Cl)s2)=C1. The molecule has 2 aromatic rings. The molecule has 1 amide bonds. The van der Waals surface area contributed by atoms with Crippen LogP contribution in [0.25, 0.3) is 0 Å². The number of nitrogens with one attached hydrogen (secondary N) is 1. The number of carbonyl (C=O) groups is 1. The largest absolute Gasteiger partial charge is 0.492 e. The first-order valence-corrected chi connectivity index (χ1v) is 12.7. The van der Waals surface area contributed by atoms with E-state index in [9.17, 15) is 19.1 Å². The molecule has 3 rings (SSSR count). The van der Waals surface area contributed by atoms with Gasteiger partial charge in [0.1, 0.15) is 27.1 Å². The summed E-state index contributed by atoms with van der Waals surface area (Å²) < 4.78 is 23.4. The Labute approximate surface area is 192 Å². The van der Waals surface area contributed by atoms with Crippen LogP contribution in [0.5, 0.6) is 0 Å². The molecule has 1 aliphatic carbocycles. The van der Waals surface area contributed by atoms with Gasteiger partial charge in [-0.25, -0.2) is 4.98 Å². The number of amides is 1. The van der Waals surface area contributed by atoms with E-state index in [1.165, 1.54) is 12.3 Å². The average molecular weight is 503 g/mol. The molecule has 12 heteroatoms. The number of anilines is 1. The van der Waals surface area contributed by atoms with Gasteiger partial charge in [-0.15, -0.1) is 11.3 Å². The molecule has 2 aromatic heterocycles. The van der Waals surface area contributed by atoms with Crippen LogP contribution in [0.4, 0.5) is 5.13 Å². The highest BCUT2D eigenvalue weighted by molar-refractivity contribution is 7.67. The van der Waals surface area contributed by atoms with Gasteiger partial charge in [0.25, 0.3) is 5.91 Å². The molecule has 0 radical (unpaired) electrons. The zero-order valence-corrected chi connectivity index (χ0v) is 19.9. The van der Waals surface area contributed by atoms with Crippen molar-refractivity contribution in [3.05, 3.63) is 62.9 Å². The number of carbonyl (C=O) groups excluding carboxylic acids is 1. The Bertz CT molecular complexity index is 1100. The Balaban J connectivity index is 1.76. The highest BCUT2D eigenvalue weighted by Gasteiger charge is 2.20. The molecular formula is C19H20ClN2O6PS2. The van der Waals surface area contributed by atoms with E-state index in [2.05, 4.69) is 10.3 Å². The molecule has 0 aromatic carbocycles. The smallest absolute Gasteiger partial charge is 0.366 e. The van der Waals surface area contributed by atoms with E-state index in [0.717, 1.165) is 22.7 Å². The van der Waals surface area contributed by atoms with Crippen molar-refractivity contribution in [1.29, 1.82) is 0 Å². The summed E-state index contributed by atoms with van der Waals surface area (Å²) in [6.07, 6.45) is 6.79. The van der Waals surface area contributed by atoms with Crippen molar-refractivity contribution >= 4 is 57.5 Å². The normalized spacial score (nSPS) is 14.5. The van der Waals surface area contributed by atoms with Crippen LogP contribution in [0.3, 0.4) is 0 Å². The lowest BCUT2D eigenvalue weighted by molar-refractivity contribution is -0.112. The van der Waals surface area contributed by atoms with E-state index >= 15 is 0 Å². The van der Waals surface area contributed by atoms with E-state index in [1.807, 2.05) is 19.9 Å². The number of nitrogens with zero attached hydrogens (tertiary/aromatic N) is 1.